The van der Waals surface area contributed by atoms with Crippen LogP contribution in [0, 0.1) is 17.8 Å². The van der Waals surface area contributed by atoms with E-state index in [4.69, 9.17) is 4.98 Å². The van der Waals surface area contributed by atoms with Gasteiger partial charge in [-0.1, -0.05) is 0 Å². The number of carbonyl (C=O) groups is 1. The predicted octanol–water partition coefficient (Wildman–Crippen LogP) is 2.40. The molecular formula is C24H34F2N6O. The van der Waals surface area contributed by atoms with Gasteiger partial charge in [0.2, 0.25) is 11.9 Å². The Morgan fingerprint density at radius 2 is 1.91 bits per heavy atom. The zero-order chi connectivity index (χ0) is 22.7. The molecule has 4 saturated heterocycles. The van der Waals surface area contributed by atoms with Crippen molar-refractivity contribution in [3.05, 3.63) is 11.3 Å². The standard InChI is InChI=1S/C24H34F2N6O/c1-15-4-8-32(15)23-28-21-18(3-2-5-24(21,25)26)22(29-23)31-13-16-11-17(14-31)19(16)12-20(33)30-9-6-27-7-10-30/h15-17,19,27H,2-14H2,1H3/t15-,16-,17+,19?/m0/s1. The molecule has 1 unspecified atom stereocenters. The summed E-state index contributed by atoms with van der Waals surface area (Å²) in [5.74, 6) is -0.113. The van der Waals surface area contributed by atoms with Gasteiger partial charge in [-0.25, -0.2) is 4.98 Å². The van der Waals surface area contributed by atoms with Crippen molar-refractivity contribution in [2.75, 3.05) is 55.6 Å². The number of rotatable bonds is 4. The van der Waals surface area contributed by atoms with Crippen molar-refractivity contribution in [2.45, 2.75) is 57.4 Å². The third-order valence-electron chi connectivity index (χ3n) is 8.72. The van der Waals surface area contributed by atoms with Gasteiger partial charge in [-0.15, -0.1) is 0 Å². The van der Waals surface area contributed by atoms with Crippen LogP contribution in [0.15, 0.2) is 0 Å². The monoisotopic (exact) mass is 460 g/mol. The normalized spacial score (nSPS) is 32.6. The lowest BCUT2D eigenvalue weighted by atomic mass is 9.60. The molecular weight excluding hydrogens is 426 g/mol. The molecule has 4 atom stereocenters. The SMILES string of the molecule is C[C@H]1CCN1c1nc(N2C[C@H]3C[C@@H](C2)C3CC(=O)N2CCNCC2)c2c(n1)C(F)(F)CCC2. The van der Waals surface area contributed by atoms with Crippen molar-refractivity contribution in [1.29, 1.82) is 0 Å². The third kappa shape index (κ3) is 3.67. The number of fused-ring (bicyclic) bond motifs is 3. The molecule has 9 heteroatoms. The van der Waals surface area contributed by atoms with E-state index in [0.29, 0.717) is 54.6 Å². The molecule has 5 heterocycles. The molecule has 7 nitrogen and oxygen atoms in total. The van der Waals surface area contributed by atoms with Crippen molar-refractivity contribution in [3.8, 4) is 0 Å². The highest BCUT2D eigenvalue weighted by molar-refractivity contribution is 5.77. The smallest absolute Gasteiger partial charge is 0.290 e. The Morgan fingerprint density at radius 3 is 2.58 bits per heavy atom. The molecule has 1 amide bonds. The Kier molecular flexibility index (Phi) is 5.23. The number of alkyl halides is 2. The number of piperidine rings is 2. The van der Waals surface area contributed by atoms with Gasteiger partial charge in [0.15, 0.2) is 0 Å². The van der Waals surface area contributed by atoms with Gasteiger partial charge in [-0.05, 0) is 50.4 Å². The van der Waals surface area contributed by atoms with Crippen LogP contribution in [0.25, 0.3) is 0 Å². The fraction of sp³-hybridized carbons (Fsp3) is 0.792. The minimum absolute atomic E-state index is 0.0440. The maximum Gasteiger partial charge on any atom is 0.290 e. The number of nitrogens with one attached hydrogen (secondary N) is 1. The number of piperazine rings is 1. The van der Waals surface area contributed by atoms with Crippen LogP contribution in [-0.4, -0.2) is 72.6 Å². The second-order valence-electron chi connectivity index (χ2n) is 10.7. The van der Waals surface area contributed by atoms with Gasteiger partial charge >= 0.3 is 0 Å². The van der Waals surface area contributed by atoms with Gasteiger partial charge in [0.1, 0.15) is 11.5 Å². The molecule has 6 aliphatic rings. The Labute approximate surface area is 193 Å². The molecule has 180 valence electrons. The minimum atomic E-state index is -2.88. The van der Waals surface area contributed by atoms with E-state index in [1.807, 2.05) is 9.80 Å². The summed E-state index contributed by atoms with van der Waals surface area (Å²) in [6.07, 6.45) is 3.76. The van der Waals surface area contributed by atoms with Crippen molar-refractivity contribution in [3.63, 3.8) is 0 Å². The quantitative estimate of drug-likeness (QED) is 0.745. The molecule has 5 fully saturated rings. The molecule has 0 spiro atoms. The lowest BCUT2D eigenvalue weighted by Gasteiger charge is -2.54. The predicted molar refractivity (Wildman–Crippen MR) is 122 cm³/mol. The fourth-order valence-corrected chi connectivity index (χ4v) is 6.54. The first-order chi connectivity index (χ1) is 15.9. The fourth-order valence-electron chi connectivity index (χ4n) is 6.54. The van der Waals surface area contributed by atoms with E-state index in [9.17, 15) is 13.6 Å². The van der Waals surface area contributed by atoms with Crippen LogP contribution in [0.5, 0.6) is 0 Å². The number of hydrogen-bond donors (Lipinski definition) is 1. The topological polar surface area (TPSA) is 64.6 Å². The van der Waals surface area contributed by atoms with Crippen LogP contribution in [0.3, 0.4) is 0 Å². The summed E-state index contributed by atoms with van der Waals surface area (Å²) in [5, 5.41) is 3.30. The Morgan fingerprint density at radius 1 is 1.15 bits per heavy atom. The van der Waals surface area contributed by atoms with Gasteiger partial charge in [0.05, 0.1) is 0 Å². The largest absolute Gasteiger partial charge is 0.356 e. The number of carbonyl (C=O) groups excluding carboxylic acids is 1. The Bertz CT molecular complexity index is 924. The van der Waals surface area contributed by atoms with Crippen LogP contribution in [0.4, 0.5) is 20.5 Å². The average molecular weight is 461 g/mol. The highest BCUT2D eigenvalue weighted by Gasteiger charge is 2.49. The number of nitrogens with zero attached hydrogens (tertiary/aromatic N) is 5. The van der Waals surface area contributed by atoms with Crippen LogP contribution in [0.2, 0.25) is 0 Å². The van der Waals surface area contributed by atoms with Gasteiger partial charge in [-0.2, -0.15) is 13.8 Å². The van der Waals surface area contributed by atoms with Gasteiger partial charge < -0.3 is 20.0 Å². The summed E-state index contributed by atoms with van der Waals surface area (Å²) in [6, 6.07) is 0.295. The van der Waals surface area contributed by atoms with Gasteiger partial charge in [0.25, 0.3) is 5.92 Å². The van der Waals surface area contributed by atoms with Crippen LogP contribution < -0.4 is 15.1 Å². The van der Waals surface area contributed by atoms with E-state index in [1.54, 1.807) is 0 Å². The summed E-state index contributed by atoms with van der Waals surface area (Å²) in [7, 11) is 0. The number of amides is 1. The molecule has 1 N–H and O–H groups in total. The second kappa shape index (κ2) is 8.03. The second-order valence-corrected chi connectivity index (χ2v) is 10.7. The summed E-state index contributed by atoms with van der Waals surface area (Å²) in [5.41, 5.74) is 0.607. The van der Waals surface area contributed by atoms with Crippen molar-refractivity contribution < 1.29 is 13.6 Å². The zero-order valence-electron chi connectivity index (χ0n) is 19.4. The van der Waals surface area contributed by atoms with Crippen LogP contribution in [0.1, 0.15) is 50.3 Å². The first kappa shape index (κ1) is 21.5. The minimum Gasteiger partial charge on any atom is -0.356 e. The van der Waals surface area contributed by atoms with Gasteiger partial charge in [-0.3, -0.25) is 4.79 Å². The van der Waals surface area contributed by atoms with Gasteiger partial charge in [0, 0.05) is 70.3 Å². The van der Waals surface area contributed by atoms with E-state index >= 15 is 0 Å². The maximum absolute atomic E-state index is 14.9. The molecule has 1 aromatic heterocycles. The number of hydrogen-bond acceptors (Lipinski definition) is 6. The summed E-state index contributed by atoms with van der Waals surface area (Å²) < 4.78 is 29.8. The van der Waals surface area contributed by atoms with E-state index in [-0.39, 0.29) is 18.0 Å². The lowest BCUT2D eigenvalue weighted by molar-refractivity contribution is -0.135. The van der Waals surface area contributed by atoms with Crippen molar-refractivity contribution in [2.24, 2.45) is 17.8 Å². The maximum atomic E-state index is 14.9. The molecule has 0 aromatic carbocycles. The van der Waals surface area contributed by atoms with Crippen molar-refractivity contribution >= 4 is 17.7 Å². The van der Waals surface area contributed by atoms with Crippen LogP contribution >= 0.6 is 0 Å². The highest BCUT2D eigenvalue weighted by Crippen LogP contribution is 2.50. The highest BCUT2D eigenvalue weighted by atomic mass is 19.3. The summed E-state index contributed by atoms with van der Waals surface area (Å²) in [4.78, 5) is 28.4. The number of aromatic nitrogens is 2. The molecule has 0 radical (unpaired) electrons. The first-order valence-electron chi connectivity index (χ1n) is 12.7. The Balaban J connectivity index is 1.22. The van der Waals surface area contributed by atoms with Crippen molar-refractivity contribution in [1.82, 2.24) is 20.2 Å². The molecule has 7 rings (SSSR count). The average Bonchev–Trinajstić information content (AvgIpc) is 2.81. The zero-order valence-corrected chi connectivity index (χ0v) is 19.4. The van der Waals surface area contributed by atoms with E-state index < -0.39 is 5.92 Å². The number of halogens is 2. The summed E-state index contributed by atoms with van der Waals surface area (Å²) >= 11 is 0. The lowest BCUT2D eigenvalue weighted by Crippen LogP contribution is -2.57. The molecule has 2 bridgehead atoms. The first-order valence-corrected chi connectivity index (χ1v) is 12.7. The van der Waals surface area contributed by atoms with E-state index in [0.717, 1.165) is 64.5 Å². The van der Waals surface area contributed by atoms with E-state index in [2.05, 4.69) is 22.1 Å². The Hall–Kier alpha value is -2.03. The third-order valence-corrected chi connectivity index (χ3v) is 8.72. The van der Waals surface area contributed by atoms with E-state index in [1.165, 1.54) is 0 Å². The molecule has 33 heavy (non-hydrogen) atoms. The molecule has 1 saturated carbocycles. The molecule has 2 aliphatic carbocycles. The molecule has 4 aliphatic heterocycles. The summed E-state index contributed by atoms with van der Waals surface area (Å²) in [6.45, 7) is 7.88. The number of anilines is 2. The molecule has 1 aromatic rings. The van der Waals surface area contributed by atoms with Crippen LogP contribution in [-0.2, 0) is 17.1 Å².